The minimum atomic E-state index is -0.195. The van der Waals surface area contributed by atoms with Crippen molar-refractivity contribution in [3.05, 3.63) is 17.3 Å². The van der Waals surface area contributed by atoms with E-state index in [4.69, 9.17) is 10.2 Å². The van der Waals surface area contributed by atoms with Crippen LogP contribution in [-0.4, -0.2) is 23.5 Å². The Morgan fingerprint density at radius 3 is 2.63 bits per heavy atom. The molecule has 1 fully saturated rings. The van der Waals surface area contributed by atoms with E-state index in [1.807, 2.05) is 0 Å². The number of carbonyl (C=O) groups excluding carboxylic acids is 1. The van der Waals surface area contributed by atoms with Crippen molar-refractivity contribution < 1.29 is 9.21 Å². The number of rotatable bonds is 4. The lowest BCUT2D eigenvalue weighted by Gasteiger charge is -2.29. The number of hydrogen-bond donors (Lipinski definition) is 2. The summed E-state index contributed by atoms with van der Waals surface area (Å²) in [6.07, 6.45) is 6.06. The highest BCUT2D eigenvalue weighted by Crippen LogP contribution is 2.26. The first-order valence-corrected chi connectivity index (χ1v) is 7.06. The number of carbonyl (C=O) groups is 1. The average molecular weight is 265 g/mol. The molecule has 0 spiro atoms. The van der Waals surface area contributed by atoms with E-state index in [9.17, 15) is 4.79 Å². The van der Waals surface area contributed by atoms with E-state index in [-0.39, 0.29) is 11.9 Å². The predicted molar refractivity (Wildman–Crippen MR) is 72.9 cm³/mol. The summed E-state index contributed by atoms with van der Waals surface area (Å²) in [7, 11) is 0. The maximum absolute atomic E-state index is 12.2. The SMILES string of the molecule is Cc1nc(C)c(C(=O)NC(CN)C2CCCCC2)o1. The third kappa shape index (κ3) is 3.35. The highest BCUT2D eigenvalue weighted by Gasteiger charge is 2.26. The monoisotopic (exact) mass is 265 g/mol. The zero-order valence-electron chi connectivity index (χ0n) is 11.7. The van der Waals surface area contributed by atoms with Crippen molar-refractivity contribution in [2.75, 3.05) is 6.54 Å². The second kappa shape index (κ2) is 6.19. The Kier molecular flexibility index (Phi) is 4.58. The van der Waals surface area contributed by atoms with E-state index < -0.39 is 0 Å². The maximum atomic E-state index is 12.2. The first-order valence-electron chi connectivity index (χ1n) is 7.06. The molecule has 1 atom stereocenters. The number of oxazole rings is 1. The summed E-state index contributed by atoms with van der Waals surface area (Å²) in [5, 5.41) is 3.01. The normalized spacial score (nSPS) is 18.3. The number of aromatic nitrogens is 1. The van der Waals surface area contributed by atoms with Gasteiger partial charge >= 0.3 is 0 Å². The van der Waals surface area contributed by atoms with Gasteiger partial charge in [-0.25, -0.2) is 4.98 Å². The lowest BCUT2D eigenvalue weighted by molar-refractivity contribution is 0.0885. The summed E-state index contributed by atoms with van der Waals surface area (Å²) in [4.78, 5) is 16.3. The summed E-state index contributed by atoms with van der Waals surface area (Å²) in [6.45, 7) is 4.00. The van der Waals surface area contributed by atoms with Crippen LogP contribution in [0.5, 0.6) is 0 Å². The molecule has 1 aromatic rings. The Hall–Kier alpha value is -1.36. The predicted octanol–water partition coefficient (Wildman–Crippen LogP) is 1.93. The molecule has 0 aromatic carbocycles. The molecule has 1 aliphatic carbocycles. The van der Waals surface area contributed by atoms with Crippen LogP contribution >= 0.6 is 0 Å². The van der Waals surface area contributed by atoms with Gasteiger partial charge in [0.25, 0.3) is 5.91 Å². The molecule has 2 rings (SSSR count). The molecule has 0 saturated heterocycles. The minimum absolute atomic E-state index is 0.0395. The van der Waals surface area contributed by atoms with Crippen LogP contribution in [0, 0.1) is 19.8 Å². The summed E-state index contributed by atoms with van der Waals surface area (Å²) in [6, 6.07) is 0.0395. The number of aryl methyl sites for hydroxylation is 2. The fourth-order valence-corrected chi connectivity index (χ4v) is 2.88. The molecule has 106 valence electrons. The molecular weight excluding hydrogens is 242 g/mol. The summed E-state index contributed by atoms with van der Waals surface area (Å²) in [5.74, 6) is 1.13. The van der Waals surface area contributed by atoms with Gasteiger partial charge in [-0.2, -0.15) is 0 Å². The molecule has 3 N–H and O–H groups in total. The molecule has 5 nitrogen and oxygen atoms in total. The second-order valence-corrected chi connectivity index (χ2v) is 5.36. The molecular formula is C14H23N3O2. The number of hydrogen-bond acceptors (Lipinski definition) is 4. The van der Waals surface area contributed by atoms with E-state index in [2.05, 4.69) is 10.3 Å². The van der Waals surface area contributed by atoms with E-state index >= 15 is 0 Å². The molecule has 1 amide bonds. The van der Waals surface area contributed by atoms with Gasteiger partial charge in [-0.1, -0.05) is 19.3 Å². The van der Waals surface area contributed by atoms with Gasteiger partial charge in [-0.15, -0.1) is 0 Å². The van der Waals surface area contributed by atoms with Crippen molar-refractivity contribution in [3.8, 4) is 0 Å². The smallest absolute Gasteiger partial charge is 0.289 e. The summed E-state index contributed by atoms with van der Waals surface area (Å²) >= 11 is 0. The first kappa shape index (κ1) is 14.1. The van der Waals surface area contributed by atoms with Crippen molar-refractivity contribution >= 4 is 5.91 Å². The summed E-state index contributed by atoms with van der Waals surface area (Å²) in [5.41, 5.74) is 6.45. The van der Waals surface area contributed by atoms with Gasteiger partial charge in [0.1, 0.15) is 0 Å². The average Bonchev–Trinajstić information content (AvgIpc) is 2.76. The van der Waals surface area contributed by atoms with Gasteiger partial charge in [0, 0.05) is 19.5 Å². The topological polar surface area (TPSA) is 81.2 Å². The fourth-order valence-electron chi connectivity index (χ4n) is 2.88. The van der Waals surface area contributed by atoms with Crippen LogP contribution in [0.1, 0.15) is 54.2 Å². The van der Waals surface area contributed by atoms with Gasteiger partial charge in [0.15, 0.2) is 5.89 Å². The van der Waals surface area contributed by atoms with Gasteiger partial charge in [0.05, 0.1) is 5.69 Å². The van der Waals surface area contributed by atoms with E-state index in [0.717, 1.165) is 12.8 Å². The van der Waals surface area contributed by atoms with Crippen LogP contribution in [0.2, 0.25) is 0 Å². The minimum Gasteiger partial charge on any atom is -0.436 e. The van der Waals surface area contributed by atoms with Crippen molar-refractivity contribution in [1.29, 1.82) is 0 Å². The molecule has 5 heteroatoms. The van der Waals surface area contributed by atoms with E-state index in [0.29, 0.717) is 29.8 Å². The van der Waals surface area contributed by atoms with Crippen molar-refractivity contribution in [2.24, 2.45) is 11.7 Å². The van der Waals surface area contributed by atoms with Gasteiger partial charge in [-0.3, -0.25) is 4.79 Å². The Labute approximate surface area is 114 Å². The van der Waals surface area contributed by atoms with Gasteiger partial charge in [-0.05, 0) is 25.7 Å². The van der Waals surface area contributed by atoms with Gasteiger partial charge in [0.2, 0.25) is 5.76 Å². The van der Waals surface area contributed by atoms with Gasteiger partial charge < -0.3 is 15.5 Å². The van der Waals surface area contributed by atoms with Crippen LogP contribution in [0.25, 0.3) is 0 Å². The van der Waals surface area contributed by atoms with Crippen LogP contribution in [0.15, 0.2) is 4.42 Å². The van der Waals surface area contributed by atoms with Crippen molar-refractivity contribution in [3.63, 3.8) is 0 Å². The molecule has 0 radical (unpaired) electrons. The van der Waals surface area contributed by atoms with Crippen LogP contribution in [-0.2, 0) is 0 Å². The Bertz CT molecular complexity index is 436. The molecule has 1 saturated carbocycles. The number of nitrogens with one attached hydrogen (secondary N) is 1. The highest BCUT2D eigenvalue weighted by atomic mass is 16.4. The third-order valence-electron chi connectivity index (χ3n) is 3.90. The van der Waals surface area contributed by atoms with E-state index in [1.165, 1.54) is 19.3 Å². The second-order valence-electron chi connectivity index (χ2n) is 5.36. The molecule has 1 heterocycles. The zero-order chi connectivity index (χ0) is 13.8. The Balaban J connectivity index is 2.01. The molecule has 1 aliphatic rings. The summed E-state index contributed by atoms with van der Waals surface area (Å²) < 4.78 is 5.34. The molecule has 1 aromatic heterocycles. The number of amides is 1. The molecule has 0 aliphatic heterocycles. The van der Waals surface area contributed by atoms with Crippen LogP contribution in [0.4, 0.5) is 0 Å². The Morgan fingerprint density at radius 1 is 1.42 bits per heavy atom. The standard InChI is InChI=1S/C14H23N3O2/c1-9-13(19-10(2)16-9)14(18)17-12(8-15)11-6-4-3-5-7-11/h11-12H,3-8,15H2,1-2H3,(H,17,18). The lowest BCUT2D eigenvalue weighted by atomic mass is 9.84. The lowest BCUT2D eigenvalue weighted by Crippen LogP contribution is -2.46. The van der Waals surface area contributed by atoms with Crippen LogP contribution in [0.3, 0.4) is 0 Å². The zero-order valence-corrected chi connectivity index (χ0v) is 11.7. The number of nitrogens with two attached hydrogens (primary N) is 1. The molecule has 1 unspecified atom stereocenters. The third-order valence-corrected chi connectivity index (χ3v) is 3.90. The molecule has 0 bridgehead atoms. The number of nitrogens with zero attached hydrogens (tertiary/aromatic N) is 1. The quantitative estimate of drug-likeness (QED) is 0.871. The highest BCUT2D eigenvalue weighted by molar-refractivity contribution is 5.92. The van der Waals surface area contributed by atoms with Crippen molar-refractivity contribution in [2.45, 2.75) is 52.0 Å². The van der Waals surface area contributed by atoms with Crippen molar-refractivity contribution in [1.82, 2.24) is 10.3 Å². The molecule has 19 heavy (non-hydrogen) atoms. The maximum Gasteiger partial charge on any atom is 0.289 e. The largest absolute Gasteiger partial charge is 0.436 e. The fraction of sp³-hybridized carbons (Fsp3) is 0.714. The Morgan fingerprint density at radius 2 is 2.11 bits per heavy atom. The first-order chi connectivity index (χ1) is 9.11. The van der Waals surface area contributed by atoms with E-state index in [1.54, 1.807) is 13.8 Å². The van der Waals surface area contributed by atoms with Crippen LogP contribution < -0.4 is 11.1 Å².